The predicted molar refractivity (Wildman–Crippen MR) is 78.8 cm³/mol. The molecule has 2 heterocycles. The lowest BCUT2D eigenvalue weighted by Crippen LogP contribution is -2.40. The SMILES string of the molecule is CNc1nc(NCC2(OC)CCOC2)nc(OC(C)C)n1. The van der Waals surface area contributed by atoms with E-state index in [1.54, 1.807) is 14.2 Å². The smallest absolute Gasteiger partial charge is 0.323 e. The van der Waals surface area contributed by atoms with Crippen molar-refractivity contribution in [2.75, 3.05) is 44.5 Å². The van der Waals surface area contributed by atoms with Crippen molar-refractivity contribution in [1.82, 2.24) is 15.0 Å². The summed E-state index contributed by atoms with van der Waals surface area (Å²) in [5.74, 6) is 0.908. The first-order chi connectivity index (χ1) is 10.1. The van der Waals surface area contributed by atoms with Crippen molar-refractivity contribution in [2.45, 2.75) is 32.0 Å². The topological polar surface area (TPSA) is 90.4 Å². The molecule has 1 atom stereocenters. The summed E-state index contributed by atoms with van der Waals surface area (Å²) in [6, 6.07) is 0.293. The summed E-state index contributed by atoms with van der Waals surface area (Å²) < 4.78 is 16.5. The van der Waals surface area contributed by atoms with Gasteiger partial charge in [0.1, 0.15) is 5.60 Å². The van der Waals surface area contributed by atoms with Gasteiger partial charge in [0.05, 0.1) is 12.7 Å². The Morgan fingerprint density at radius 2 is 2.05 bits per heavy atom. The fraction of sp³-hybridized carbons (Fsp3) is 0.769. The summed E-state index contributed by atoms with van der Waals surface area (Å²) in [5, 5.41) is 6.07. The highest BCUT2D eigenvalue weighted by Crippen LogP contribution is 2.23. The molecule has 21 heavy (non-hydrogen) atoms. The minimum Gasteiger partial charge on any atom is -0.461 e. The second-order valence-corrected chi connectivity index (χ2v) is 5.23. The van der Waals surface area contributed by atoms with Crippen molar-refractivity contribution < 1.29 is 14.2 Å². The number of ether oxygens (including phenoxy) is 3. The first-order valence-electron chi connectivity index (χ1n) is 7.04. The van der Waals surface area contributed by atoms with Gasteiger partial charge in [0.25, 0.3) is 0 Å². The first-order valence-corrected chi connectivity index (χ1v) is 7.04. The molecule has 8 nitrogen and oxygen atoms in total. The number of hydrogen-bond acceptors (Lipinski definition) is 8. The van der Waals surface area contributed by atoms with E-state index in [0.717, 1.165) is 6.42 Å². The van der Waals surface area contributed by atoms with Gasteiger partial charge in [-0.1, -0.05) is 0 Å². The summed E-state index contributed by atoms with van der Waals surface area (Å²) in [6.07, 6.45) is 0.842. The molecule has 1 aliphatic heterocycles. The molecule has 1 aromatic rings. The zero-order valence-electron chi connectivity index (χ0n) is 13.0. The van der Waals surface area contributed by atoms with Gasteiger partial charge in [0.15, 0.2) is 0 Å². The molecule has 0 radical (unpaired) electrons. The molecule has 2 rings (SSSR count). The van der Waals surface area contributed by atoms with E-state index in [4.69, 9.17) is 14.2 Å². The molecule has 1 aliphatic rings. The molecule has 0 saturated carbocycles. The van der Waals surface area contributed by atoms with Crippen LogP contribution < -0.4 is 15.4 Å². The third-order valence-electron chi connectivity index (χ3n) is 3.25. The number of anilines is 2. The van der Waals surface area contributed by atoms with Gasteiger partial charge in [-0.05, 0) is 13.8 Å². The van der Waals surface area contributed by atoms with Crippen molar-refractivity contribution in [3.8, 4) is 6.01 Å². The Balaban J connectivity index is 2.07. The van der Waals surface area contributed by atoms with Gasteiger partial charge in [-0.3, -0.25) is 0 Å². The van der Waals surface area contributed by atoms with Crippen LogP contribution in [0, 0.1) is 0 Å². The van der Waals surface area contributed by atoms with Crippen molar-refractivity contribution >= 4 is 11.9 Å². The molecule has 118 valence electrons. The van der Waals surface area contributed by atoms with Crippen LogP contribution in [-0.4, -0.2) is 60.6 Å². The Morgan fingerprint density at radius 3 is 2.62 bits per heavy atom. The standard InChI is InChI=1S/C13H23N5O3/c1-9(2)21-12-17-10(14-3)16-11(18-12)15-7-13(19-4)5-6-20-8-13/h9H,5-8H2,1-4H3,(H2,14,15,16,17,18). The van der Waals surface area contributed by atoms with Gasteiger partial charge in [-0.15, -0.1) is 0 Å². The van der Waals surface area contributed by atoms with Gasteiger partial charge < -0.3 is 24.8 Å². The molecule has 0 aromatic carbocycles. The van der Waals surface area contributed by atoms with Gasteiger partial charge in [-0.2, -0.15) is 15.0 Å². The molecule has 0 bridgehead atoms. The first kappa shape index (κ1) is 15.7. The van der Waals surface area contributed by atoms with E-state index in [9.17, 15) is 0 Å². The van der Waals surface area contributed by atoms with Gasteiger partial charge in [-0.25, -0.2) is 0 Å². The maximum absolute atomic E-state index is 5.57. The van der Waals surface area contributed by atoms with Crippen LogP contribution in [0.1, 0.15) is 20.3 Å². The summed E-state index contributed by atoms with van der Waals surface area (Å²) in [6.45, 7) is 5.68. The van der Waals surface area contributed by atoms with Crippen LogP contribution in [0.25, 0.3) is 0 Å². The number of rotatable bonds is 7. The van der Waals surface area contributed by atoms with Crippen molar-refractivity contribution in [1.29, 1.82) is 0 Å². The van der Waals surface area contributed by atoms with Crippen LogP contribution in [0.15, 0.2) is 0 Å². The summed E-state index contributed by atoms with van der Waals surface area (Å²) in [4.78, 5) is 12.7. The van der Waals surface area contributed by atoms with Crippen molar-refractivity contribution in [3.05, 3.63) is 0 Å². The van der Waals surface area contributed by atoms with Crippen molar-refractivity contribution in [2.24, 2.45) is 0 Å². The largest absolute Gasteiger partial charge is 0.461 e. The maximum atomic E-state index is 5.57. The molecular weight excluding hydrogens is 274 g/mol. The highest BCUT2D eigenvalue weighted by Gasteiger charge is 2.35. The molecular formula is C13H23N5O3. The fourth-order valence-corrected chi connectivity index (χ4v) is 2.01. The van der Waals surface area contributed by atoms with Gasteiger partial charge in [0, 0.05) is 33.7 Å². The number of methoxy groups -OCH3 is 1. The molecule has 1 aromatic heterocycles. The lowest BCUT2D eigenvalue weighted by atomic mass is 10.0. The van der Waals surface area contributed by atoms with E-state index >= 15 is 0 Å². The Kier molecular flexibility index (Phi) is 5.13. The van der Waals surface area contributed by atoms with E-state index in [1.165, 1.54) is 0 Å². The van der Waals surface area contributed by atoms with Crippen LogP contribution in [-0.2, 0) is 9.47 Å². The predicted octanol–water partition coefficient (Wildman–Crippen LogP) is 0.918. The van der Waals surface area contributed by atoms with E-state index in [2.05, 4.69) is 25.6 Å². The highest BCUT2D eigenvalue weighted by atomic mass is 16.5. The molecule has 2 N–H and O–H groups in total. The molecule has 1 unspecified atom stereocenters. The molecule has 0 spiro atoms. The molecule has 8 heteroatoms. The van der Waals surface area contributed by atoms with Crippen LogP contribution in [0.4, 0.5) is 11.9 Å². The average Bonchev–Trinajstić information content (AvgIpc) is 2.93. The Morgan fingerprint density at radius 1 is 1.29 bits per heavy atom. The van der Waals surface area contributed by atoms with Gasteiger partial charge in [0.2, 0.25) is 11.9 Å². The number of hydrogen-bond donors (Lipinski definition) is 2. The second-order valence-electron chi connectivity index (χ2n) is 5.23. The van der Waals surface area contributed by atoms with Crippen molar-refractivity contribution in [3.63, 3.8) is 0 Å². The number of aromatic nitrogens is 3. The number of nitrogens with one attached hydrogen (secondary N) is 2. The third kappa shape index (κ3) is 4.15. The average molecular weight is 297 g/mol. The van der Waals surface area contributed by atoms with E-state index in [1.807, 2.05) is 13.8 Å². The third-order valence-corrected chi connectivity index (χ3v) is 3.25. The highest BCUT2D eigenvalue weighted by molar-refractivity contribution is 5.35. The maximum Gasteiger partial charge on any atom is 0.323 e. The monoisotopic (exact) mass is 297 g/mol. The quantitative estimate of drug-likeness (QED) is 0.768. The molecule has 1 fully saturated rings. The van der Waals surface area contributed by atoms with Crippen LogP contribution in [0.2, 0.25) is 0 Å². The second kappa shape index (κ2) is 6.86. The summed E-state index contributed by atoms with van der Waals surface area (Å²) >= 11 is 0. The molecule has 0 amide bonds. The Hall–Kier alpha value is -1.67. The van der Waals surface area contributed by atoms with Crippen LogP contribution in [0.3, 0.4) is 0 Å². The Bertz CT molecular complexity index is 463. The minimum atomic E-state index is -0.328. The normalized spacial score (nSPS) is 21.6. The van der Waals surface area contributed by atoms with Crippen LogP contribution >= 0.6 is 0 Å². The molecule has 0 aliphatic carbocycles. The Labute approximate surface area is 124 Å². The zero-order valence-corrected chi connectivity index (χ0v) is 13.0. The van der Waals surface area contributed by atoms with E-state index in [0.29, 0.717) is 37.7 Å². The lowest BCUT2D eigenvalue weighted by Gasteiger charge is -2.25. The van der Waals surface area contributed by atoms with Crippen LogP contribution in [0.5, 0.6) is 6.01 Å². The van der Waals surface area contributed by atoms with Gasteiger partial charge >= 0.3 is 6.01 Å². The minimum absolute atomic E-state index is 0.00138. The zero-order chi connectivity index (χ0) is 15.3. The molecule has 1 saturated heterocycles. The van der Waals surface area contributed by atoms with E-state index < -0.39 is 0 Å². The fourth-order valence-electron chi connectivity index (χ4n) is 2.01. The van der Waals surface area contributed by atoms with E-state index in [-0.39, 0.29) is 11.7 Å². The summed E-state index contributed by atoms with van der Waals surface area (Å²) in [7, 11) is 3.44. The lowest BCUT2D eigenvalue weighted by molar-refractivity contribution is -0.00632. The summed E-state index contributed by atoms with van der Waals surface area (Å²) in [5.41, 5.74) is -0.328. The number of nitrogens with zero attached hydrogens (tertiary/aromatic N) is 3.